The summed E-state index contributed by atoms with van der Waals surface area (Å²) in [7, 11) is 0. The van der Waals surface area contributed by atoms with Crippen molar-refractivity contribution in [3.8, 4) is 5.75 Å². The second kappa shape index (κ2) is 5.34. The van der Waals surface area contributed by atoms with Crippen LogP contribution in [0.5, 0.6) is 5.75 Å². The van der Waals surface area contributed by atoms with E-state index in [1.54, 1.807) is 6.08 Å². The number of aromatic hydroxyl groups is 1. The molecule has 1 saturated carbocycles. The lowest BCUT2D eigenvalue weighted by Crippen LogP contribution is -2.33. The molecule has 0 heterocycles. The summed E-state index contributed by atoms with van der Waals surface area (Å²) < 4.78 is 0.723. The molecule has 1 aromatic carbocycles. The first-order valence-corrected chi connectivity index (χ1v) is 8.10. The maximum absolute atomic E-state index is 10.8. The van der Waals surface area contributed by atoms with Crippen LogP contribution in [0.25, 0.3) is 0 Å². The summed E-state index contributed by atoms with van der Waals surface area (Å²) in [4.78, 5) is 14.9. The molecule has 3 rings (SSSR count). The van der Waals surface area contributed by atoms with E-state index >= 15 is 0 Å². The first kappa shape index (κ1) is 13.8. The van der Waals surface area contributed by atoms with Gasteiger partial charge < -0.3 is 5.11 Å². The Morgan fingerprint density at radius 1 is 1.20 bits per heavy atom. The van der Waals surface area contributed by atoms with Crippen LogP contribution in [0.4, 0.5) is 0 Å². The van der Waals surface area contributed by atoms with Crippen molar-refractivity contribution in [3.05, 3.63) is 27.2 Å². The highest BCUT2D eigenvalue weighted by Crippen LogP contribution is 2.52. The molecule has 2 aliphatic rings. The lowest BCUT2D eigenvalue weighted by molar-refractivity contribution is 0.245. The number of aryl methyl sites for hydroxylation is 1. The van der Waals surface area contributed by atoms with Crippen molar-refractivity contribution in [2.45, 2.75) is 56.9 Å². The van der Waals surface area contributed by atoms with Crippen molar-refractivity contribution in [2.24, 2.45) is 4.99 Å². The molecule has 0 amide bonds. The molecule has 1 N–H and O–H groups in total. The summed E-state index contributed by atoms with van der Waals surface area (Å²) in [5.41, 5.74) is 2.89. The predicted molar refractivity (Wildman–Crippen MR) is 80.7 cm³/mol. The molecular formula is C16H18BrNO2. The Labute approximate surface area is 127 Å². The normalized spacial score (nSPS) is 20.2. The van der Waals surface area contributed by atoms with Crippen molar-refractivity contribution in [2.75, 3.05) is 0 Å². The van der Waals surface area contributed by atoms with Crippen molar-refractivity contribution in [1.82, 2.24) is 0 Å². The Bertz CT molecular complexity index is 587. The maximum Gasteiger partial charge on any atom is 0.235 e. The monoisotopic (exact) mass is 335 g/mol. The highest BCUT2D eigenvalue weighted by atomic mass is 79.9. The summed E-state index contributed by atoms with van der Waals surface area (Å²) in [5, 5.41) is 10.5. The number of halogens is 1. The van der Waals surface area contributed by atoms with Crippen molar-refractivity contribution in [1.29, 1.82) is 0 Å². The smallest absolute Gasteiger partial charge is 0.235 e. The van der Waals surface area contributed by atoms with E-state index in [1.165, 1.54) is 24.0 Å². The summed E-state index contributed by atoms with van der Waals surface area (Å²) in [6, 6.07) is 2.04. The van der Waals surface area contributed by atoms with Gasteiger partial charge in [0.15, 0.2) is 0 Å². The van der Waals surface area contributed by atoms with Crippen LogP contribution in [0, 0.1) is 0 Å². The Morgan fingerprint density at radius 2 is 1.95 bits per heavy atom. The van der Waals surface area contributed by atoms with E-state index in [9.17, 15) is 9.90 Å². The molecule has 0 bridgehead atoms. The summed E-state index contributed by atoms with van der Waals surface area (Å²) in [5.74, 6) is 0.268. The van der Waals surface area contributed by atoms with Gasteiger partial charge in [-0.1, -0.05) is 6.42 Å². The molecule has 0 aromatic heterocycles. The molecule has 106 valence electrons. The first-order chi connectivity index (χ1) is 9.68. The molecule has 2 aliphatic carbocycles. The Kier molecular flexibility index (Phi) is 3.70. The van der Waals surface area contributed by atoms with Crippen molar-refractivity contribution >= 4 is 22.0 Å². The van der Waals surface area contributed by atoms with Gasteiger partial charge in [-0.05, 0) is 78.1 Å². The molecule has 20 heavy (non-hydrogen) atoms. The number of aliphatic imine (C=N–C) groups is 1. The number of nitrogens with zero attached hydrogens (tertiary/aromatic N) is 1. The van der Waals surface area contributed by atoms with Crippen LogP contribution in [0.3, 0.4) is 0 Å². The molecule has 4 heteroatoms. The number of benzene rings is 1. The van der Waals surface area contributed by atoms with Gasteiger partial charge in [-0.25, -0.2) is 4.79 Å². The van der Waals surface area contributed by atoms with Gasteiger partial charge in [0.1, 0.15) is 11.3 Å². The van der Waals surface area contributed by atoms with Crippen LogP contribution in [0.1, 0.15) is 55.2 Å². The molecule has 0 saturated heterocycles. The zero-order valence-corrected chi connectivity index (χ0v) is 13.0. The summed E-state index contributed by atoms with van der Waals surface area (Å²) >= 11 is 3.46. The molecular weight excluding hydrogens is 318 g/mol. The average molecular weight is 336 g/mol. The van der Waals surface area contributed by atoms with Gasteiger partial charge in [-0.2, -0.15) is 4.99 Å². The molecule has 0 unspecified atom stereocenters. The van der Waals surface area contributed by atoms with E-state index in [2.05, 4.69) is 20.9 Å². The van der Waals surface area contributed by atoms with Crippen LogP contribution in [-0.4, -0.2) is 11.2 Å². The van der Waals surface area contributed by atoms with Gasteiger partial charge in [0.25, 0.3) is 0 Å². The molecule has 0 radical (unpaired) electrons. The fraction of sp³-hybridized carbons (Fsp3) is 0.562. The molecule has 0 aliphatic heterocycles. The SMILES string of the molecule is O=C=NC1(c2c(O)c(Br)cc3c2CCCCC3)CCC1. The molecule has 3 nitrogen and oxygen atoms in total. The lowest BCUT2D eigenvalue weighted by Gasteiger charge is -2.39. The number of rotatable bonds is 2. The third-order valence-corrected chi connectivity index (χ3v) is 5.34. The number of carbonyl (C=O) groups excluding carboxylic acids is 1. The van der Waals surface area contributed by atoms with Crippen LogP contribution in [-0.2, 0) is 23.2 Å². The largest absolute Gasteiger partial charge is 0.506 e. The molecule has 0 spiro atoms. The van der Waals surface area contributed by atoms with Crippen LogP contribution in [0.15, 0.2) is 15.5 Å². The average Bonchev–Trinajstić information content (AvgIpc) is 2.61. The van der Waals surface area contributed by atoms with Gasteiger partial charge in [-0.15, -0.1) is 0 Å². The minimum Gasteiger partial charge on any atom is -0.506 e. The minimum atomic E-state index is -0.524. The third kappa shape index (κ3) is 2.11. The number of hydrogen-bond acceptors (Lipinski definition) is 3. The summed E-state index contributed by atoms with van der Waals surface area (Å²) in [6.07, 6.45) is 10.0. The number of phenols is 1. The number of fused-ring (bicyclic) bond motifs is 1. The maximum atomic E-state index is 10.8. The van der Waals surface area contributed by atoms with Crippen LogP contribution >= 0.6 is 15.9 Å². The van der Waals surface area contributed by atoms with Crippen molar-refractivity contribution in [3.63, 3.8) is 0 Å². The van der Waals surface area contributed by atoms with E-state index < -0.39 is 5.54 Å². The van der Waals surface area contributed by atoms with Gasteiger partial charge in [-0.3, -0.25) is 0 Å². The highest BCUT2D eigenvalue weighted by Gasteiger charge is 2.43. The standard InChI is InChI=1S/C16H18BrNO2/c17-13-9-11-5-2-1-3-6-12(11)14(15(13)20)16(18-10-19)7-4-8-16/h9,20H,1-8H2. The van der Waals surface area contributed by atoms with Crippen LogP contribution in [0.2, 0.25) is 0 Å². The van der Waals surface area contributed by atoms with E-state index in [1.807, 2.05) is 6.07 Å². The quantitative estimate of drug-likeness (QED) is 0.501. The van der Waals surface area contributed by atoms with Gasteiger partial charge in [0.05, 0.1) is 4.47 Å². The highest BCUT2D eigenvalue weighted by molar-refractivity contribution is 9.10. The zero-order valence-electron chi connectivity index (χ0n) is 11.4. The first-order valence-electron chi connectivity index (χ1n) is 7.31. The number of phenolic OH excluding ortho intramolecular Hbond substituents is 1. The number of hydrogen-bond donors (Lipinski definition) is 1. The Balaban J connectivity index is 2.23. The van der Waals surface area contributed by atoms with E-state index in [-0.39, 0.29) is 5.75 Å². The fourth-order valence-electron chi connectivity index (χ4n) is 3.55. The Hall–Kier alpha value is -1.12. The topological polar surface area (TPSA) is 49.7 Å². The lowest BCUT2D eigenvalue weighted by atomic mass is 9.69. The molecule has 1 fully saturated rings. The van der Waals surface area contributed by atoms with Gasteiger partial charge >= 0.3 is 0 Å². The van der Waals surface area contributed by atoms with Crippen LogP contribution < -0.4 is 0 Å². The second-order valence-electron chi connectivity index (χ2n) is 5.87. The number of isocyanates is 1. The minimum absolute atomic E-state index is 0.268. The Morgan fingerprint density at radius 3 is 2.60 bits per heavy atom. The third-order valence-electron chi connectivity index (χ3n) is 4.73. The molecule has 1 aromatic rings. The predicted octanol–water partition coefficient (Wildman–Crippen LogP) is 4.14. The van der Waals surface area contributed by atoms with E-state index in [0.29, 0.717) is 0 Å². The summed E-state index contributed by atoms with van der Waals surface area (Å²) in [6.45, 7) is 0. The zero-order chi connectivity index (χ0) is 14.2. The van der Waals surface area contributed by atoms with Gasteiger partial charge in [0.2, 0.25) is 6.08 Å². The fourth-order valence-corrected chi connectivity index (χ4v) is 4.03. The van der Waals surface area contributed by atoms with E-state index in [4.69, 9.17) is 0 Å². The van der Waals surface area contributed by atoms with Crippen molar-refractivity contribution < 1.29 is 9.90 Å². The van der Waals surface area contributed by atoms with Gasteiger partial charge in [0, 0.05) is 5.56 Å². The van der Waals surface area contributed by atoms with E-state index in [0.717, 1.165) is 48.6 Å². The second-order valence-corrected chi connectivity index (χ2v) is 6.72. The molecule has 0 atom stereocenters.